The SMILES string of the molecule is CCn1c(=O)oc(=O)c2cc(S(=O)(=O)N(C)c3ccccc3)ccc21. The monoisotopic (exact) mass is 360 g/mol. The first kappa shape index (κ1) is 17.0. The van der Waals surface area contributed by atoms with Crippen LogP contribution in [0.1, 0.15) is 6.92 Å². The maximum atomic E-state index is 12.8. The van der Waals surface area contributed by atoms with Crippen molar-refractivity contribution in [1.29, 1.82) is 0 Å². The average Bonchev–Trinajstić information content (AvgIpc) is 2.61. The van der Waals surface area contributed by atoms with Gasteiger partial charge in [0, 0.05) is 13.6 Å². The van der Waals surface area contributed by atoms with Crippen LogP contribution in [0, 0.1) is 0 Å². The molecule has 0 saturated heterocycles. The van der Waals surface area contributed by atoms with Crippen molar-refractivity contribution in [2.24, 2.45) is 0 Å². The maximum absolute atomic E-state index is 12.8. The number of aromatic nitrogens is 1. The van der Waals surface area contributed by atoms with E-state index in [-0.39, 0.29) is 10.3 Å². The molecule has 0 N–H and O–H groups in total. The van der Waals surface area contributed by atoms with Gasteiger partial charge >= 0.3 is 11.4 Å². The van der Waals surface area contributed by atoms with E-state index in [1.165, 1.54) is 29.8 Å². The zero-order chi connectivity index (χ0) is 18.2. The van der Waals surface area contributed by atoms with Gasteiger partial charge in [-0.3, -0.25) is 8.87 Å². The van der Waals surface area contributed by atoms with Crippen LogP contribution in [0.3, 0.4) is 0 Å². The number of sulfonamides is 1. The van der Waals surface area contributed by atoms with Crippen molar-refractivity contribution in [2.75, 3.05) is 11.4 Å². The fraction of sp³-hybridized carbons (Fsp3) is 0.176. The summed E-state index contributed by atoms with van der Waals surface area (Å²) in [4.78, 5) is 23.7. The lowest BCUT2D eigenvalue weighted by Crippen LogP contribution is -2.27. The summed E-state index contributed by atoms with van der Waals surface area (Å²) in [5.41, 5.74) is -0.0256. The fourth-order valence-electron chi connectivity index (χ4n) is 2.60. The van der Waals surface area contributed by atoms with Crippen LogP contribution in [0.4, 0.5) is 5.69 Å². The number of para-hydroxylation sites is 1. The molecule has 0 atom stereocenters. The predicted octanol–water partition coefficient (Wildman–Crippen LogP) is 1.80. The van der Waals surface area contributed by atoms with E-state index in [1.54, 1.807) is 37.3 Å². The van der Waals surface area contributed by atoms with Crippen molar-refractivity contribution in [1.82, 2.24) is 4.57 Å². The molecule has 7 nitrogen and oxygen atoms in total. The summed E-state index contributed by atoms with van der Waals surface area (Å²) in [7, 11) is -2.43. The van der Waals surface area contributed by atoms with Crippen LogP contribution in [0.15, 0.2) is 67.4 Å². The van der Waals surface area contributed by atoms with E-state index < -0.39 is 21.4 Å². The van der Waals surface area contributed by atoms with E-state index in [1.807, 2.05) is 0 Å². The number of nitrogens with zero attached hydrogens (tertiary/aromatic N) is 2. The Kier molecular flexibility index (Phi) is 4.22. The lowest BCUT2D eigenvalue weighted by atomic mass is 10.2. The molecule has 0 fully saturated rings. The zero-order valence-electron chi connectivity index (χ0n) is 13.7. The molecule has 0 aliphatic rings. The molecule has 0 radical (unpaired) electrons. The molecule has 0 amide bonds. The molecule has 0 spiro atoms. The van der Waals surface area contributed by atoms with Crippen LogP contribution >= 0.6 is 0 Å². The second-order valence-corrected chi connectivity index (χ2v) is 7.36. The van der Waals surface area contributed by atoms with Crippen LogP contribution in [0.2, 0.25) is 0 Å². The topological polar surface area (TPSA) is 89.6 Å². The molecule has 3 rings (SSSR count). The molecule has 2 aromatic carbocycles. The van der Waals surface area contributed by atoms with Gasteiger partial charge in [-0.05, 0) is 37.3 Å². The first-order valence-corrected chi connectivity index (χ1v) is 9.02. The Balaban J connectivity index is 2.20. The zero-order valence-corrected chi connectivity index (χ0v) is 14.5. The summed E-state index contributed by atoms with van der Waals surface area (Å²) in [6.07, 6.45) is 0. The number of hydrogen-bond donors (Lipinski definition) is 0. The molecule has 130 valence electrons. The number of benzene rings is 2. The van der Waals surface area contributed by atoms with E-state index in [9.17, 15) is 18.0 Å². The van der Waals surface area contributed by atoms with Gasteiger partial charge in [-0.2, -0.15) is 0 Å². The Morgan fingerprint density at radius 3 is 2.40 bits per heavy atom. The Bertz CT molecular complexity index is 1150. The molecule has 0 bridgehead atoms. The highest BCUT2D eigenvalue weighted by Gasteiger charge is 2.22. The highest BCUT2D eigenvalue weighted by atomic mass is 32.2. The number of aryl methyl sites for hydroxylation is 1. The molecular weight excluding hydrogens is 344 g/mol. The minimum atomic E-state index is -3.86. The van der Waals surface area contributed by atoms with Crippen LogP contribution in [-0.2, 0) is 16.6 Å². The maximum Gasteiger partial charge on any atom is 0.422 e. The molecule has 8 heteroatoms. The summed E-state index contributed by atoms with van der Waals surface area (Å²) < 4.78 is 32.7. The first-order chi connectivity index (χ1) is 11.9. The average molecular weight is 360 g/mol. The summed E-state index contributed by atoms with van der Waals surface area (Å²) >= 11 is 0. The van der Waals surface area contributed by atoms with Crippen molar-refractivity contribution in [3.8, 4) is 0 Å². The molecule has 25 heavy (non-hydrogen) atoms. The van der Waals surface area contributed by atoms with Gasteiger partial charge in [0.05, 0.1) is 21.5 Å². The van der Waals surface area contributed by atoms with Gasteiger partial charge in [0.1, 0.15) is 0 Å². The Morgan fingerprint density at radius 1 is 1.08 bits per heavy atom. The minimum Gasteiger partial charge on any atom is -0.372 e. The van der Waals surface area contributed by atoms with E-state index in [0.717, 1.165) is 4.31 Å². The highest BCUT2D eigenvalue weighted by Crippen LogP contribution is 2.23. The normalized spacial score (nSPS) is 11.6. The van der Waals surface area contributed by atoms with E-state index in [0.29, 0.717) is 17.7 Å². The van der Waals surface area contributed by atoms with Gasteiger partial charge in [-0.1, -0.05) is 18.2 Å². The first-order valence-electron chi connectivity index (χ1n) is 7.58. The third-order valence-corrected chi connectivity index (χ3v) is 5.76. The molecule has 0 aliphatic carbocycles. The molecule has 1 aromatic heterocycles. The third-order valence-electron chi connectivity index (χ3n) is 3.97. The molecule has 0 aliphatic heterocycles. The van der Waals surface area contributed by atoms with Crippen molar-refractivity contribution >= 4 is 26.6 Å². The second-order valence-electron chi connectivity index (χ2n) is 5.39. The lowest BCUT2D eigenvalue weighted by molar-refractivity contribution is 0.421. The summed E-state index contributed by atoms with van der Waals surface area (Å²) in [5.74, 6) is -0.767. The molecule has 0 saturated carbocycles. The van der Waals surface area contributed by atoms with Gasteiger partial charge in [-0.15, -0.1) is 0 Å². The number of fused-ring (bicyclic) bond motifs is 1. The third kappa shape index (κ3) is 2.85. The van der Waals surface area contributed by atoms with Crippen molar-refractivity contribution in [3.05, 3.63) is 69.5 Å². The highest BCUT2D eigenvalue weighted by molar-refractivity contribution is 7.92. The van der Waals surface area contributed by atoms with Crippen LogP contribution in [-0.4, -0.2) is 20.0 Å². The lowest BCUT2D eigenvalue weighted by Gasteiger charge is -2.19. The fourth-order valence-corrected chi connectivity index (χ4v) is 3.82. The summed E-state index contributed by atoms with van der Waals surface area (Å²) in [5, 5.41) is 0.0454. The number of rotatable bonds is 4. The molecular formula is C17H16N2O5S. The van der Waals surface area contributed by atoms with Gasteiger partial charge in [0.15, 0.2) is 0 Å². The predicted molar refractivity (Wildman–Crippen MR) is 94.4 cm³/mol. The van der Waals surface area contributed by atoms with E-state index in [2.05, 4.69) is 4.42 Å². The van der Waals surface area contributed by atoms with Crippen molar-refractivity contribution in [2.45, 2.75) is 18.4 Å². The van der Waals surface area contributed by atoms with Crippen LogP contribution in [0.25, 0.3) is 10.9 Å². The summed E-state index contributed by atoms with van der Waals surface area (Å²) in [6.45, 7) is 2.03. The quantitative estimate of drug-likeness (QED) is 0.708. The Hall–Kier alpha value is -2.87. The minimum absolute atomic E-state index is 0.0454. The van der Waals surface area contributed by atoms with Crippen molar-refractivity contribution in [3.63, 3.8) is 0 Å². The summed E-state index contributed by atoms with van der Waals surface area (Å²) in [6, 6.07) is 12.7. The number of hydrogen-bond acceptors (Lipinski definition) is 5. The molecule has 1 heterocycles. The largest absolute Gasteiger partial charge is 0.422 e. The molecule has 3 aromatic rings. The second kappa shape index (κ2) is 6.21. The van der Waals surface area contributed by atoms with E-state index in [4.69, 9.17) is 0 Å². The number of anilines is 1. The van der Waals surface area contributed by atoms with Gasteiger partial charge in [-0.25, -0.2) is 18.0 Å². The van der Waals surface area contributed by atoms with E-state index >= 15 is 0 Å². The van der Waals surface area contributed by atoms with Crippen LogP contribution in [0.5, 0.6) is 0 Å². The Morgan fingerprint density at radius 2 is 1.76 bits per heavy atom. The van der Waals surface area contributed by atoms with Crippen LogP contribution < -0.4 is 15.7 Å². The van der Waals surface area contributed by atoms with Gasteiger partial charge in [0.25, 0.3) is 10.0 Å². The smallest absolute Gasteiger partial charge is 0.372 e. The standard InChI is InChI=1S/C17H16N2O5S/c1-3-19-15-10-9-13(11-14(15)16(20)24-17(19)21)25(22,23)18(2)12-7-5-4-6-8-12/h4-11H,3H2,1-2H3. The Labute approximate surface area is 143 Å². The van der Waals surface area contributed by atoms with Gasteiger partial charge < -0.3 is 4.42 Å². The van der Waals surface area contributed by atoms with Gasteiger partial charge in [0.2, 0.25) is 0 Å². The molecule has 0 unspecified atom stereocenters. The van der Waals surface area contributed by atoms with Crippen molar-refractivity contribution < 1.29 is 12.8 Å².